The Bertz CT molecular complexity index is 1400. The van der Waals surface area contributed by atoms with Crippen molar-refractivity contribution in [3.63, 3.8) is 0 Å². The van der Waals surface area contributed by atoms with Crippen LogP contribution >= 0.6 is 11.8 Å². The molecule has 0 saturated heterocycles. The Balaban J connectivity index is 1.58. The van der Waals surface area contributed by atoms with Crippen molar-refractivity contribution >= 4 is 23.4 Å². The van der Waals surface area contributed by atoms with Crippen LogP contribution in [0.15, 0.2) is 78.0 Å². The molecular formula is C25H18N4O4S. The molecule has 0 aliphatic carbocycles. The molecule has 6 rings (SSSR count). The first-order valence-electron chi connectivity index (χ1n) is 10.6. The van der Waals surface area contributed by atoms with Gasteiger partial charge in [-0.25, -0.2) is 0 Å². The van der Waals surface area contributed by atoms with E-state index in [9.17, 15) is 4.79 Å². The summed E-state index contributed by atoms with van der Waals surface area (Å²) in [4.78, 5) is 20.1. The van der Waals surface area contributed by atoms with Gasteiger partial charge in [0.05, 0.1) is 5.69 Å². The molecule has 1 aromatic heterocycles. The van der Waals surface area contributed by atoms with Crippen molar-refractivity contribution in [2.45, 2.75) is 11.4 Å². The van der Waals surface area contributed by atoms with Crippen LogP contribution in [-0.4, -0.2) is 34.1 Å². The highest BCUT2D eigenvalue weighted by molar-refractivity contribution is 7.98. The second-order valence-corrected chi connectivity index (χ2v) is 8.37. The van der Waals surface area contributed by atoms with E-state index in [1.165, 1.54) is 11.8 Å². The molecule has 0 fully saturated rings. The minimum absolute atomic E-state index is 0.150. The SMILES string of the molecule is CSc1nnc2c(n1)OC(c1ccc3c(c1)OCO3)N(C(=O)c1ccccc1)c1ccccc1-2. The lowest BCUT2D eigenvalue weighted by Gasteiger charge is -2.31. The van der Waals surface area contributed by atoms with Crippen molar-refractivity contribution in [2.75, 3.05) is 17.9 Å². The predicted molar refractivity (Wildman–Crippen MR) is 126 cm³/mol. The van der Waals surface area contributed by atoms with Gasteiger partial charge in [-0.05, 0) is 42.7 Å². The van der Waals surface area contributed by atoms with Crippen molar-refractivity contribution in [3.05, 3.63) is 83.9 Å². The number of hydrogen-bond acceptors (Lipinski definition) is 8. The molecule has 0 bridgehead atoms. The number of benzene rings is 3. The van der Waals surface area contributed by atoms with Crippen molar-refractivity contribution in [2.24, 2.45) is 0 Å². The first-order valence-corrected chi connectivity index (χ1v) is 11.8. The van der Waals surface area contributed by atoms with Crippen LogP contribution < -0.4 is 19.1 Å². The summed E-state index contributed by atoms with van der Waals surface area (Å²) in [5.74, 6) is 1.32. The van der Waals surface area contributed by atoms with Crippen LogP contribution in [0.2, 0.25) is 0 Å². The van der Waals surface area contributed by atoms with Crippen molar-refractivity contribution < 1.29 is 19.0 Å². The van der Waals surface area contributed by atoms with Gasteiger partial charge in [0, 0.05) is 16.7 Å². The van der Waals surface area contributed by atoms with E-state index in [1.807, 2.05) is 66.9 Å². The summed E-state index contributed by atoms with van der Waals surface area (Å²) in [5, 5.41) is 9.08. The third kappa shape index (κ3) is 3.41. The van der Waals surface area contributed by atoms with Crippen LogP contribution in [0.5, 0.6) is 17.4 Å². The standard InChI is InChI=1S/C25H18N4O4S/c1-34-25-26-22-21(27-28-25)17-9-5-6-10-18(17)29(23(30)15-7-3-2-4-8-15)24(33-22)16-11-12-19-20(13-16)32-14-31-19/h2-13,24H,14H2,1H3. The Morgan fingerprint density at radius 1 is 0.971 bits per heavy atom. The number of hydrogen-bond donors (Lipinski definition) is 0. The highest BCUT2D eigenvalue weighted by atomic mass is 32.2. The number of anilines is 1. The molecule has 1 unspecified atom stereocenters. The highest BCUT2D eigenvalue weighted by Gasteiger charge is 2.37. The van der Waals surface area contributed by atoms with E-state index < -0.39 is 6.23 Å². The number of nitrogens with zero attached hydrogens (tertiary/aromatic N) is 4. The summed E-state index contributed by atoms with van der Waals surface area (Å²) in [5.41, 5.74) is 3.06. The van der Waals surface area contributed by atoms with Crippen molar-refractivity contribution in [1.82, 2.24) is 15.2 Å². The number of amides is 1. The second kappa shape index (κ2) is 8.35. The van der Waals surface area contributed by atoms with Gasteiger partial charge in [-0.1, -0.05) is 48.2 Å². The quantitative estimate of drug-likeness (QED) is 0.397. The second-order valence-electron chi connectivity index (χ2n) is 7.59. The minimum Gasteiger partial charge on any atom is -0.454 e. The molecule has 0 radical (unpaired) electrons. The number of aromatic nitrogens is 3. The van der Waals surface area contributed by atoms with Gasteiger partial charge >= 0.3 is 0 Å². The van der Waals surface area contributed by atoms with Crippen LogP contribution in [0.4, 0.5) is 5.69 Å². The maximum atomic E-state index is 13.9. The van der Waals surface area contributed by atoms with Crippen molar-refractivity contribution in [3.8, 4) is 28.6 Å². The molecule has 1 atom stereocenters. The predicted octanol–water partition coefficient (Wildman–Crippen LogP) is 4.73. The normalized spacial score (nSPS) is 15.7. The van der Waals surface area contributed by atoms with E-state index in [0.29, 0.717) is 50.6 Å². The van der Waals surface area contributed by atoms with Crippen LogP contribution in [0, 0.1) is 0 Å². The number of fused-ring (bicyclic) bond motifs is 4. The number of carbonyl (C=O) groups excluding carboxylic acids is 1. The maximum absolute atomic E-state index is 13.9. The van der Waals surface area contributed by atoms with Crippen LogP contribution in [0.1, 0.15) is 22.1 Å². The van der Waals surface area contributed by atoms with E-state index >= 15 is 0 Å². The molecule has 0 saturated carbocycles. The molecule has 4 aromatic rings. The molecule has 0 N–H and O–H groups in total. The van der Waals surface area contributed by atoms with Crippen LogP contribution in [-0.2, 0) is 0 Å². The zero-order chi connectivity index (χ0) is 23.1. The fourth-order valence-corrected chi connectivity index (χ4v) is 4.32. The van der Waals surface area contributed by atoms with Crippen molar-refractivity contribution in [1.29, 1.82) is 0 Å². The first kappa shape index (κ1) is 20.5. The highest BCUT2D eigenvalue weighted by Crippen LogP contribution is 2.45. The molecule has 2 aliphatic heterocycles. The van der Waals surface area contributed by atoms with Gasteiger partial charge in [0.2, 0.25) is 24.1 Å². The van der Waals surface area contributed by atoms with Gasteiger partial charge in [-0.15, -0.1) is 10.2 Å². The zero-order valence-electron chi connectivity index (χ0n) is 18.0. The Kier molecular flexibility index (Phi) is 5.03. The van der Waals surface area contributed by atoms with Gasteiger partial charge in [-0.3, -0.25) is 9.69 Å². The molecule has 3 heterocycles. The summed E-state index contributed by atoms with van der Waals surface area (Å²) in [6.45, 7) is 0.150. The van der Waals surface area contributed by atoms with Gasteiger partial charge in [0.1, 0.15) is 0 Å². The Hall–Kier alpha value is -4.11. The van der Waals surface area contributed by atoms with Crippen LogP contribution in [0.25, 0.3) is 11.3 Å². The van der Waals surface area contributed by atoms with E-state index in [1.54, 1.807) is 17.0 Å². The van der Waals surface area contributed by atoms with E-state index in [0.717, 1.165) is 0 Å². The first-order chi connectivity index (χ1) is 16.7. The summed E-state index contributed by atoms with van der Waals surface area (Å²) >= 11 is 1.37. The molecule has 8 nitrogen and oxygen atoms in total. The topological polar surface area (TPSA) is 86.7 Å². The Morgan fingerprint density at radius 3 is 2.62 bits per heavy atom. The van der Waals surface area contributed by atoms with Gasteiger partial charge in [0.25, 0.3) is 5.91 Å². The third-order valence-corrected chi connectivity index (χ3v) is 6.15. The molecule has 2 aliphatic rings. The Labute approximate surface area is 199 Å². The molecule has 34 heavy (non-hydrogen) atoms. The number of ether oxygens (including phenoxy) is 3. The summed E-state index contributed by atoms with van der Waals surface area (Å²) in [6.07, 6.45) is 1.03. The van der Waals surface area contributed by atoms with Gasteiger partial charge in [-0.2, -0.15) is 4.98 Å². The molecule has 9 heteroatoms. The number of rotatable bonds is 3. The minimum atomic E-state index is -0.837. The van der Waals surface area contributed by atoms with Gasteiger partial charge in [0.15, 0.2) is 17.2 Å². The number of para-hydroxylation sites is 1. The smallest absolute Gasteiger partial charge is 0.261 e. The summed E-state index contributed by atoms with van der Waals surface area (Å²) in [6, 6.07) is 22.1. The lowest BCUT2D eigenvalue weighted by molar-refractivity contribution is 0.0909. The maximum Gasteiger partial charge on any atom is 0.261 e. The monoisotopic (exact) mass is 470 g/mol. The number of carbonyl (C=O) groups is 1. The van der Waals surface area contributed by atoms with E-state index in [-0.39, 0.29) is 12.7 Å². The summed E-state index contributed by atoms with van der Waals surface area (Å²) < 4.78 is 17.5. The fourth-order valence-electron chi connectivity index (χ4n) is 4.02. The Morgan fingerprint density at radius 2 is 1.76 bits per heavy atom. The van der Waals surface area contributed by atoms with E-state index in [4.69, 9.17) is 14.2 Å². The fraction of sp³-hybridized carbons (Fsp3) is 0.120. The molecule has 0 spiro atoms. The van der Waals surface area contributed by atoms with Gasteiger partial charge < -0.3 is 14.2 Å². The van der Waals surface area contributed by atoms with E-state index in [2.05, 4.69) is 15.2 Å². The lowest BCUT2D eigenvalue weighted by Crippen LogP contribution is -2.37. The van der Waals surface area contributed by atoms with Crippen LogP contribution in [0.3, 0.4) is 0 Å². The molecule has 168 valence electrons. The molecule has 3 aromatic carbocycles. The zero-order valence-corrected chi connectivity index (χ0v) is 18.9. The summed E-state index contributed by atoms with van der Waals surface area (Å²) in [7, 11) is 0. The average Bonchev–Trinajstić information content (AvgIpc) is 3.31. The number of thioether (sulfide) groups is 1. The third-order valence-electron chi connectivity index (χ3n) is 5.62. The average molecular weight is 471 g/mol. The molecular weight excluding hydrogens is 452 g/mol. The lowest BCUT2D eigenvalue weighted by atomic mass is 10.1. The largest absolute Gasteiger partial charge is 0.454 e. The molecule has 1 amide bonds.